The molecule has 0 aromatic heterocycles. The zero-order valence-corrected chi connectivity index (χ0v) is 20.8. The Hall–Kier alpha value is -2.29. The molecule has 168 valence electrons. The van der Waals surface area contributed by atoms with Gasteiger partial charge in [-0.2, -0.15) is 0 Å². The van der Waals surface area contributed by atoms with Crippen molar-refractivity contribution in [3.05, 3.63) is 65.2 Å². The van der Waals surface area contributed by atoms with Crippen molar-refractivity contribution in [2.75, 3.05) is 20.2 Å². The van der Waals surface area contributed by atoms with Crippen molar-refractivity contribution in [1.82, 2.24) is 16.0 Å². The number of carbonyl (C=O) groups is 1. The third-order valence-electron chi connectivity index (χ3n) is 5.08. The molecule has 3 rings (SSSR count). The van der Waals surface area contributed by atoms with E-state index in [0.29, 0.717) is 24.3 Å². The largest absolute Gasteiger partial charge is 0.484 e. The van der Waals surface area contributed by atoms with Gasteiger partial charge in [0.15, 0.2) is 12.6 Å². The highest BCUT2D eigenvalue weighted by Gasteiger charge is 2.23. The molecule has 31 heavy (non-hydrogen) atoms. The van der Waals surface area contributed by atoms with Crippen molar-refractivity contribution in [3.8, 4) is 5.75 Å². The van der Waals surface area contributed by atoms with E-state index in [1.807, 2.05) is 24.3 Å². The van der Waals surface area contributed by atoms with Crippen LogP contribution in [0.4, 0.5) is 0 Å². The maximum atomic E-state index is 11.8. The van der Waals surface area contributed by atoms with Crippen LogP contribution >= 0.6 is 24.0 Å². The lowest BCUT2D eigenvalue weighted by molar-refractivity contribution is -0.123. The quantitative estimate of drug-likeness (QED) is 0.260. The molecule has 2 aromatic rings. The van der Waals surface area contributed by atoms with Gasteiger partial charge < -0.3 is 20.7 Å². The summed E-state index contributed by atoms with van der Waals surface area (Å²) in [7, 11) is 1.77. The first-order valence-corrected chi connectivity index (χ1v) is 10.6. The van der Waals surface area contributed by atoms with E-state index in [4.69, 9.17) is 4.74 Å². The Balaban J connectivity index is 0.00000341. The molecule has 0 aliphatic heterocycles. The van der Waals surface area contributed by atoms with E-state index in [0.717, 1.165) is 30.9 Å². The molecular formula is C24H33IN4O2. The normalized spacial score (nSPS) is 14.2. The first kappa shape index (κ1) is 25.0. The van der Waals surface area contributed by atoms with Gasteiger partial charge in [0.2, 0.25) is 0 Å². The van der Waals surface area contributed by atoms with Gasteiger partial charge in [-0.25, -0.2) is 0 Å². The Labute approximate surface area is 202 Å². The summed E-state index contributed by atoms with van der Waals surface area (Å²) in [5, 5.41) is 9.65. The highest BCUT2D eigenvalue weighted by atomic mass is 127. The molecule has 0 heterocycles. The second-order valence-corrected chi connectivity index (χ2v) is 7.90. The van der Waals surface area contributed by atoms with E-state index in [9.17, 15) is 4.79 Å². The molecular weight excluding hydrogens is 503 g/mol. The second kappa shape index (κ2) is 12.5. The van der Waals surface area contributed by atoms with Crippen molar-refractivity contribution in [2.24, 2.45) is 4.99 Å². The van der Waals surface area contributed by atoms with Crippen LogP contribution in [0.1, 0.15) is 42.4 Å². The van der Waals surface area contributed by atoms with Gasteiger partial charge >= 0.3 is 0 Å². The summed E-state index contributed by atoms with van der Waals surface area (Å²) in [6.45, 7) is 5.77. The minimum absolute atomic E-state index is 0. The van der Waals surface area contributed by atoms with E-state index >= 15 is 0 Å². The van der Waals surface area contributed by atoms with E-state index in [1.54, 1.807) is 7.05 Å². The zero-order valence-electron chi connectivity index (χ0n) is 18.5. The van der Waals surface area contributed by atoms with Gasteiger partial charge in [0.1, 0.15) is 5.75 Å². The number of rotatable bonds is 9. The fraction of sp³-hybridized carbons (Fsp3) is 0.417. The van der Waals surface area contributed by atoms with Gasteiger partial charge in [-0.15, -0.1) is 24.0 Å². The van der Waals surface area contributed by atoms with E-state index in [-0.39, 0.29) is 36.5 Å². The first-order chi connectivity index (χ1) is 14.5. The fourth-order valence-corrected chi connectivity index (χ4v) is 3.14. The number of hydrogen-bond donors (Lipinski definition) is 3. The number of nitrogens with one attached hydrogen (secondary N) is 3. The van der Waals surface area contributed by atoms with E-state index in [1.165, 1.54) is 11.1 Å². The number of carbonyl (C=O) groups excluding carboxylic acids is 1. The molecule has 0 bridgehead atoms. The lowest BCUT2D eigenvalue weighted by Crippen LogP contribution is -2.38. The van der Waals surface area contributed by atoms with Gasteiger partial charge in [0, 0.05) is 26.2 Å². The van der Waals surface area contributed by atoms with Crippen LogP contribution in [0, 0.1) is 6.92 Å². The van der Waals surface area contributed by atoms with Crippen LogP contribution in [0.2, 0.25) is 0 Å². The number of ether oxygens (including phenoxy) is 1. The number of hydrogen-bond acceptors (Lipinski definition) is 3. The highest BCUT2D eigenvalue weighted by Crippen LogP contribution is 2.19. The molecule has 0 saturated heterocycles. The maximum absolute atomic E-state index is 11.8. The number of aryl methyl sites for hydroxylation is 1. The summed E-state index contributed by atoms with van der Waals surface area (Å²) in [5.41, 5.74) is 3.65. The molecule has 0 spiro atoms. The predicted molar refractivity (Wildman–Crippen MR) is 136 cm³/mol. The zero-order chi connectivity index (χ0) is 21.3. The molecule has 3 N–H and O–H groups in total. The SMILES string of the molecule is CN=C(NCc1cccc(OCC(=O)NC2CC2)c1)NCC(C)c1cccc(C)c1.I. The molecule has 1 unspecified atom stereocenters. The Morgan fingerprint density at radius 1 is 1.16 bits per heavy atom. The van der Waals surface area contributed by atoms with Gasteiger partial charge in [-0.3, -0.25) is 9.79 Å². The molecule has 1 saturated carbocycles. The van der Waals surface area contributed by atoms with Crippen LogP contribution in [-0.4, -0.2) is 38.1 Å². The van der Waals surface area contributed by atoms with E-state index < -0.39 is 0 Å². The van der Waals surface area contributed by atoms with Crippen molar-refractivity contribution in [2.45, 2.75) is 45.2 Å². The smallest absolute Gasteiger partial charge is 0.258 e. The lowest BCUT2D eigenvalue weighted by Gasteiger charge is -2.17. The number of benzene rings is 2. The number of guanidine groups is 1. The molecule has 0 radical (unpaired) electrons. The Bertz CT molecular complexity index is 883. The molecule has 7 heteroatoms. The minimum atomic E-state index is -0.0617. The summed E-state index contributed by atoms with van der Waals surface area (Å²) in [6.07, 6.45) is 2.15. The minimum Gasteiger partial charge on any atom is -0.484 e. The average Bonchev–Trinajstić information content (AvgIpc) is 3.56. The van der Waals surface area contributed by atoms with Crippen LogP contribution in [0.15, 0.2) is 53.5 Å². The van der Waals surface area contributed by atoms with Crippen molar-refractivity contribution < 1.29 is 9.53 Å². The number of amides is 1. The molecule has 1 fully saturated rings. The van der Waals surface area contributed by atoms with Crippen molar-refractivity contribution >= 4 is 35.8 Å². The number of nitrogens with zero attached hydrogens (tertiary/aromatic N) is 1. The van der Waals surface area contributed by atoms with Crippen LogP contribution in [0.3, 0.4) is 0 Å². The predicted octanol–water partition coefficient (Wildman–Crippen LogP) is 3.74. The van der Waals surface area contributed by atoms with Crippen molar-refractivity contribution in [3.63, 3.8) is 0 Å². The van der Waals surface area contributed by atoms with Gasteiger partial charge in [-0.05, 0) is 48.9 Å². The summed E-state index contributed by atoms with van der Waals surface area (Å²) in [4.78, 5) is 16.1. The van der Waals surface area contributed by atoms with Gasteiger partial charge in [-0.1, -0.05) is 48.9 Å². The van der Waals surface area contributed by atoms with Gasteiger partial charge in [0.05, 0.1) is 0 Å². The van der Waals surface area contributed by atoms with Crippen LogP contribution in [-0.2, 0) is 11.3 Å². The Morgan fingerprint density at radius 2 is 1.94 bits per heavy atom. The molecule has 6 nitrogen and oxygen atoms in total. The van der Waals surface area contributed by atoms with E-state index in [2.05, 4.69) is 59.1 Å². The number of aliphatic imine (C=N–C) groups is 1. The first-order valence-electron chi connectivity index (χ1n) is 10.6. The Morgan fingerprint density at radius 3 is 2.65 bits per heavy atom. The summed E-state index contributed by atoms with van der Waals surface area (Å²) < 4.78 is 5.62. The third-order valence-corrected chi connectivity index (χ3v) is 5.08. The third kappa shape index (κ3) is 8.77. The molecule has 2 aromatic carbocycles. The second-order valence-electron chi connectivity index (χ2n) is 7.90. The lowest BCUT2D eigenvalue weighted by atomic mass is 9.99. The molecule has 1 amide bonds. The van der Waals surface area contributed by atoms with Crippen LogP contribution in [0.5, 0.6) is 5.75 Å². The van der Waals surface area contributed by atoms with Gasteiger partial charge in [0.25, 0.3) is 5.91 Å². The van der Waals surface area contributed by atoms with Crippen LogP contribution in [0.25, 0.3) is 0 Å². The summed E-state index contributed by atoms with van der Waals surface area (Å²) >= 11 is 0. The fourth-order valence-electron chi connectivity index (χ4n) is 3.14. The molecule has 1 aliphatic carbocycles. The molecule has 1 aliphatic rings. The topological polar surface area (TPSA) is 74.8 Å². The Kier molecular flexibility index (Phi) is 10.1. The van der Waals surface area contributed by atoms with Crippen molar-refractivity contribution in [1.29, 1.82) is 0 Å². The highest BCUT2D eigenvalue weighted by molar-refractivity contribution is 14.0. The average molecular weight is 536 g/mol. The maximum Gasteiger partial charge on any atom is 0.258 e. The molecule has 1 atom stereocenters. The monoisotopic (exact) mass is 536 g/mol. The summed E-state index contributed by atoms with van der Waals surface area (Å²) in [5.74, 6) is 1.76. The standard InChI is InChI=1S/C24H32N4O2.HI/c1-17-6-4-8-20(12-17)18(2)14-26-24(25-3)27-15-19-7-5-9-22(13-19)30-16-23(29)28-21-10-11-21;/h4-9,12-13,18,21H,10-11,14-16H2,1-3H3,(H,28,29)(H2,25,26,27);1H. The summed E-state index contributed by atoms with van der Waals surface area (Å²) in [6, 6.07) is 16.7. The number of halogens is 1. The van der Waals surface area contributed by atoms with Crippen LogP contribution < -0.4 is 20.7 Å².